The number of aliphatic hydroxyl groups excluding tert-OH is 1. The van der Waals surface area contributed by atoms with Crippen molar-refractivity contribution in [3.63, 3.8) is 0 Å². The maximum absolute atomic E-state index is 13.1. The summed E-state index contributed by atoms with van der Waals surface area (Å²) in [4.78, 5) is 72.6. The molecule has 3 N–H and O–H groups in total. The van der Waals surface area contributed by atoms with Crippen LogP contribution in [-0.2, 0) is 65.4 Å². The third-order valence-corrected chi connectivity index (χ3v) is 19.9. The third-order valence-electron chi connectivity index (χ3n) is 18.0. The normalized spacial score (nSPS) is 14.0. The first-order valence-corrected chi connectivity index (χ1v) is 43.6. The van der Waals surface area contributed by atoms with Gasteiger partial charge < -0.3 is 33.8 Å². The Morgan fingerprint density at radius 3 is 0.745 bits per heavy atom. The van der Waals surface area contributed by atoms with Crippen LogP contribution >= 0.6 is 15.6 Å². The Bertz CT molecular complexity index is 1950. The molecule has 0 spiro atoms. The number of rotatable bonds is 78. The monoisotopic (exact) mass is 1430 g/mol. The Morgan fingerprint density at radius 2 is 0.490 bits per heavy atom. The molecule has 0 bridgehead atoms. The van der Waals surface area contributed by atoms with Crippen molar-refractivity contribution in [2.45, 2.75) is 418 Å². The Morgan fingerprint density at radius 1 is 0.286 bits per heavy atom. The molecular formula is C79H150O17P2. The van der Waals surface area contributed by atoms with Gasteiger partial charge in [-0.05, 0) is 51.4 Å². The summed E-state index contributed by atoms with van der Waals surface area (Å²) in [5, 5.41) is 10.6. The summed E-state index contributed by atoms with van der Waals surface area (Å²) in [7, 11) is -9.92. The van der Waals surface area contributed by atoms with Crippen molar-refractivity contribution in [3.05, 3.63) is 24.3 Å². The Labute approximate surface area is 599 Å². The van der Waals surface area contributed by atoms with Gasteiger partial charge in [-0.2, -0.15) is 0 Å². The number of ether oxygens (including phenoxy) is 4. The second kappa shape index (κ2) is 72.9. The van der Waals surface area contributed by atoms with E-state index in [1.165, 1.54) is 212 Å². The fourth-order valence-electron chi connectivity index (χ4n) is 11.7. The van der Waals surface area contributed by atoms with E-state index in [1.807, 2.05) is 0 Å². The van der Waals surface area contributed by atoms with Crippen LogP contribution in [0.25, 0.3) is 0 Å². The summed E-state index contributed by atoms with van der Waals surface area (Å²) < 4.78 is 68.3. The molecular weight excluding hydrogens is 1280 g/mol. The molecule has 0 saturated heterocycles. The zero-order chi connectivity index (χ0) is 71.8. The maximum atomic E-state index is 13.1. The maximum Gasteiger partial charge on any atom is 0.472 e. The summed E-state index contributed by atoms with van der Waals surface area (Å²) in [5.41, 5.74) is 0. The Balaban J connectivity index is 5.14. The molecule has 0 aliphatic rings. The van der Waals surface area contributed by atoms with E-state index in [9.17, 15) is 43.2 Å². The van der Waals surface area contributed by atoms with E-state index < -0.39 is 97.5 Å². The molecule has 0 aromatic heterocycles. The number of hydrogen-bond acceptors (Lipinski definition) is 15. The van der Waals surface area contributed by atoms with Crippen molar-refractivity contribution >= 4 is 39.5 Å². The van der Waals surface area contributed by atoms with E-state index in [1.54, 1.807) is 0 Å². The van der Waals surface area contributed by atoms with Gasteiger partial charge in [-0.3, -0.25) is 37.3 Å². The highest BCUT2D eigenvalue weighted by molar-refractivity contribution is 7.47. The molecule has 0 radical (unpaired) electrons. The molecule has 0 aromatic carbocycles. The van der Waals surface area contributed by atoms with Crippen LogP contribution in [0.4, 0.5) is 0 Å². The lowest BCUT2D eigenvalue weighted by atomic mass is 10.0. The predicted molar refractivity (Wildman–Crippen MR) is 400 cm³/mol. The molecule has 98 heavy (non-hydrogen) atoms. The zero-order valence-electron chi connectivity index (χ0n) is 63.2. The van der Waals surface area contributed by atoms with Crippen LogP contribution in [0.1, 0.15) is 400 Å². The number of allylic oxidation sites excluding steroid dienone is 4. The van der Waals surface area contributed by atoms with E-state index >= 15 is 0 Å². The molecule has 19 heteroatoms. The van der Waals surface area contributed by atoms with Crippen LogP contribution in [0.15, 0.2) is 24.3 Å². The molecule has 0 aliphatic heterocycles. The van der Waals surface area contributed by atoms with Crippen LogP contribution in [-0.4, -0.2) is 96.7 Å². The predicted octanol–water partition coefficient (Wildman–Crippen LogP) is 23.3. The number of unbranched alkanes of at least 4 members (excludes halogenated alkanes) is 49. The van der Waals surface area contributed by atoms with Crippen LogP contribution in [0.2, 0.25) is 0 Å². The number of esters is 4. The molecule has 5 atom stereocenters. The van der Waals surface area contributed by atoms with Crippen molar-refractivity contribution in [3.8, 4) is 0 Å². The molecule has 0 amide bonds. The first-order valence-electron chi connectivity index (χ1n) is 40.6. The van der Waals surface area contributed by atoms with Gasteiger partial charge in [0.05, 0.1) is 26.4 Å². The van der Waals surface area contributed by atoms with Crippen LogP contribution in [0, 0.1) is 0 Å². The van der Waals surface area contributed by atoms with Crippen molar-refractivity contribution in [2.75, 3.05) is 39.6 Å². The van der Waals surface area contributed by atoms with Crippen LogP contribution in [0.3, 0.4) is 0 Å². The smallest absolute Gasteiger partial charge is 0.462 e. The largest absolute Gasteiger partial charge is 0.472 e. The lowest BCUT2D eigenvalue weighted by molar-refractivity contribution is -0.161. The van der Waals surface area contributed by atoms with E-state index in [0.29, 0.717) is 25.7 Å². The molecule has 0 rings (SSSR count). The van der Waals surface area contributed by atoms with Crippen molar-refractivity contribution in [1.29, 1.82) is 0 Å². The molecule has 2 unspecified atom stereocenters. The summed E-state index contributed by atoms with van der Waals surface area (Å²) in [6.07, 6.45) is 68.0. The van der Waals surface area contributed by atoms with Gasteiger partial charge in [0.25, 0.3) is 0 Å². The minimum atomic E-state index is -4.96. The number of carbonyl (C=O) groups is 4. The summed E-state index contributed by atoms with van der Waals surface area (Å²) >= 11 is 0. The van der Waals surface area contributed by atoms with E-state index in [4.69, 9.17) is 37.0 Å². The SMILES string of the molecule is CCCCCC/C=C\C=C/CCCCCCCC(=O)O[C@H](COC(=O)CCCCCCC)COP(=O)(O)OC[C@H](O)COP(=O)(O)OC[C@@H](COC(=O)CCCCCCCCCCCCCCCCCC)OC(=O)CCCCCCCCCCCCCCCCCCCCCCCC. The number of aliphatic hydroxyl groups is 1. The fraction of sp³-hybridized carbons (Fsp3) is 0.899. The minimum Gasteiger partial charge on any atom is -0.462 e. The standard InChI is InChI=1S/C79H150O17P2/c1-5-9-13-17-20-23-26-29-32-34-35-36-37-38-39-42-45-48-51-54-58-62-66-79(84)96-75(70-90-77(82)64-60-56-52-49-46-43-41-33-30-27-24-21-18-14-10-6-2)72-94-98(87,88)92-68-73(80)67-91-97(85,86)93-71-74(69-89-76(81)63-59-55-16-12-8-4)95-78(83)65-61-57-53-50-47-44-40-31-28-25-22-19-15-11-7-3/h25,28,31,40,73-75,80H,5-24,26-27,29-30,32-39,41-72H2,1-4H3,(H,85,86)(H,87,88)/b28-25-,40-31-/t73-,74+,75+/m0/s1. The van der Waals surface area contributed by atoms with Crippen molar-refractivity contribution < 1.29 is 80.2 Å². The zero-order valence-corrected chi connectivity index (χ0v) is 65.0. The van der Waals surface area contributed by atoms with Gasteiger partial charge in [0.1, 0.15) is 19.3 Å². The van der Waals surface area contributed by atoms with Gasteiger partial charge in [-0.1, -0.05) is 347 Å². The highest BCUT2D eigenvalue weighted by Crippen LogP contribution is 2.45. The molecule has 0 aliphatic carbocycles. The van der Waals surface area contributed by atoms with Gasteiger partial charge in [-0.25, -0.2) is 9.13 Å². The average molecular weight is 1430 g/mol. The van der Waals surface area contributed by atoms with Gasteiger partial charge in [-0.15, -0.1) is 0 Å². The Hall–Kier alpha value is -2.46. The average Bonchev–Trinajstić information content (AvgIpc) is 1.05. The summed E-state index contributed by atoms with van der Waals surface area (Å²) in [5.74, 6) is -2.15. The minimum absolute atomic E-state index is 0.0847. The second-order valence-electron chi connectivity index (χ2n) is 27.8. The molecule has 0 heterocycles. The first kappa shape index (κ1) is 95.5. The number of phosphoric ester groups is 2. The molecule has 0 aromatic rings. The van der Waals surface area contributed by atoms with Gasteiger partial charge >= 0.3 is 39.5 Å². The quantitative estimate of drug-likeness (QED) is 0.0169. The van der Waals surface area contributed by atoms with E-state index in [-0.39, 0.29) is 25.7 Å². The van der Waals surface area contributed by atoms with Gasteiger partial charge in [0.15, 0.2) is 12.2 Å². The highest BCUT2D eigenvalue weighted by atomic mass is 31.2. The third kappa shape index (κ3) is 71.9. The second-order valence-corrected chi connectivity index (χ2v) is 30.7. The lowest BCUT2D eigenvalue weighted by Crippen LogP contribution is -2.30. The number of carbonyl (C=O) groups excluding carboxylic acids is 4. The summed E-state index contributed by atoms with van der Waals surface area (Å²) in [6.45, 7) is 4.85. The Kier molecular flexibility index (Phi) is 71.0. The molecule has 17 nitrogen and oxygen atoms in total. The van der Waals surface area contributed by atoms with E-state index in [0.717, 1.165) is 109 Å². The van der Waals surface area contributed by atoms with Crippen molar-refractivity contribution in [2.24, 2.45) is 0 Å². The molecule has 578 valence electrons. The van der Waals surface area contributed by atoms with Gasteiger partial charge in [0, 0.05) is 25.7 Å². The molecule has 0 fully saturated rings. The van der Waals surface area contributed by atoms with E-state index in [2.05, 4.69) is 52.0 Å². The van der Waals surface area contributed by atoms with Gasteiger partial charge in [0.2, 0.25) is 0 Å². The number of phosphoric acid groups is 2. The van der Waals surface area contributed by atoms with Crippen molar-refractivity contribution in [1.82, 2.24) is 0 Å². The van der Waals surface area contributed by atoms with Crippen LogP contribution in [0.5, 0.6) is 0 Å². The highest BCUT2D eigenvalue weighted by Gasteiger charge is 2.30. The topological polar surface area (TPSA) is 237 Å². The molecule has 0 saturated carbocycles. The fourth-order valence-corrected chi connectivity index (χ4v) is 13.3. The summed E-state index contributed by atoms with van der Waals surface area (Å²) in [6, 6.07) is 0. The first-order chi connectivity index (χ1) is 47.7. The number of hydrogen-bond donors (Lipinski definition) is 3. The van der Waals surface area contributed by atoms with Crippen LogP contribution < -0.4 is 0 Å². The lowest BCUT2D eigenvalue weighted by Gasteiger charge is -2.21.